The number of methoxy groups -OCH3 is 2. The maximum absolute atomic E-state index is 15.5. The number of allylic oxidation sites excluding steroid dienone is 1. The van der Waals surface area contributed by atoms with E-state index in [9.17, 15) is 4.79 Å². The molecule has 0 spiro atoms. The van der Waals surface area contributed by atoms with Crippen LogP contribution in [0.2, 0.25) is 0 Å². The molecule has 0 radical (unpaired) electrons. The number of hydrogen-bond donors (Lipinski definition) is 2. The summed E-state index contributed by atoms with van der Waals surface area (Å²) >= 11 is 0. The number of amides is 2. The van der Waals surface area contributed by atoms with E-state index >= 15 is 8.78 Å². The minimum atomic E-state index is -1.03. The number of anilines is 3. The van der Waals surface area contributed by atoms with Crippen molar-refractivity contribution in [2.24, 2.45) is 0 Å². The van der Waals surface area contributed by atoms with Crippen LogP contribution in [-0.2, 0) is 6.54 Å². The van der Waals surface area contributed by atoms with Gasteiger partial charge in [-0.1, -0.05) is 0 Å². The van der Waals surface area contributed by atoms with Crippen LogP contribution in [0.1, 0.15) is 37.1 Å². The summed E-state index contributed by atoms with van der Waals surface area (Å²) in [5, 5.41) is 15.5. The Balaban J connectivity index is 1.69. The first kappa shape index (κ1) is 25.2. The van der Waals surface area contributed by atoms with Gasteiger partial charge in [-0.05, 0) is 25.8 Å². The number of urea groups is 1. The van der Waals surface area contributed by atoms with Crippen molar-refractivity contribution in [3.8, 4) is 11.5 Å². The Bertz CT molecular complexity index is 1440. The number of halogens is 2. The first-order chi connectivity index (χ1) is 18.3. The molecule has 3 aromatic rings. The minimum Gasteiger partial charge on any atom is -0.493 e. The van der Waals surface area contributed by atoms with Gasteiger partial charge in [0.15, 0.2) is 23.1 Å². The molecule has 198 valence electrons. The maximum Gasteiger partial charge on any atom is 0.334 e. The number of fused-ring (bicyclic) bond motifs is 1. The van der Waals surface area contributed by atoms with E-state index < -0.39 is 23.4 Å². The fourth-order valence-corrected chi connectivity index (χ4v) is 4.45. The Morgan fingerprint density at radius 3 is 2.42 bits per heavy atom. The van der Waals surface area contributed by atoms with Crippen molar-refractivity contribution in [2.75, 3.05) is 31.1 Å². The Kier molecular flexibility index (Phi) is 6.47. The second-order valence-corrected chi connectivity index (χ2v) is 9.04. The number of nitrogens with zero attached hydrogens (tertiary/aromatic N) is 5. The molecule has 1 aliphatic heterocycles. The summed E-state index contributed by atoms with van der Waals surface area (Å²) in [4.78, 5) is 20.9. The van der Waals surface area contributed by atoms with Gasteiger partial charge in [0.05, 0.1) is 50.1 Å². The lowest BCUT2D eigenvalue weighted by Crippen LogP contribution is -2.45. The number of nitrogens with one attached hydrogen (secondary N) is 2. The number of ether oxygens (including phenoxy) is 2. The molecule has 0 bridgehead atoms. The molecule has 0 saturated heterocycles. The van der Waals surface area contributed by atoms with Crippen molar-refractivity contribution in [3.63, 3.8) is 0 Å². The Labute approximate surface area is 218 Å². The quantitative estimate of drug-likeness (QED) is 0.411. The Morgan fingerprint density at radius 1 is 1.16 bits per heavy atom. The van der Waals surface area contributed by atoms with E-state index in [1.165, 1.54) is 19.1 Å². The second kappa shape index (κ2) is 9.77. The highest BCUT2D eigenvalue weighted by Crippen LogP contribution is 2.43. The molecule has 0 atom stereocenters. The van der Waals surface area contributed by atoms with Crippen LogP contribution >= 0.6 is 0 Å². The molecule has 5 rings (SSSR count). The van der Waals surface area contributed by atoms with E-state index in [0.717, 1.165) is 23.8 Å². The van der Waals surface area contributed by atoms with Gasteiger partial charge in [-0.2, -0.15) is 5.10 Å². The largest absolute Gasteiger partial charge is 0.493 e. The summed E-state index contributed by atoms with van der Waals surface area (Å²) in [7, 11) is 4.21. The topological polar surface area (TPSA) is 109 Å². The fraction of sp³-hybridized carbons (Fsp3) is 0.308. The van der Waals surface area contributed by atoms with E-state index in [0.29, 0.717) is 28.2 Å². The first-order valence-electron chi connectivity index (χ1n) is 12.0. The third-order valence-electron chi connectivity index (χ3n) is 6.51. The van der Waals surface area contributed by atoms with Crippen molar-refractivity contribution in [1.29, 1.82) is 5.41 Å². The molecule has 0 unspecified atom stereocenters. The van der Waals surface area contributed by atoms with Gasteiger partial charge in [-0.25, -0.2) is 13.6 Å². The molecule has 1 aliphatic carbocycles. The van der Waals surface area contributed by atoms with Gasteiger partial charge in [0.1, 0.15) is 5.69 Å². The zero-order valence-electron chi connectivity index (χ0n) is 21.4. The highest BCUT2D eigenvalue weighted by molar-refractivity contribution is 6.21. The molecule has 1 fully saturated rings. The Morgan fingerprint density at radius 2 is 1.84 bits per heavy atom. The van der Waals surface area contributed by atoms with Crippen molar-refractivity contribution in [1.82, 2.24) is 20.1 Å². The second-order valence-electron chi connectivity index (χ2n) is 9.04. The summed E-state index contributed by atoms with van der Waals surface area (Å²) < 4.78 is 42.9. The van der Waals surface area contributed by atoms with E-state index in [4.69, 9.17) is 14.9 Å². The molecule has 3 heterocycles. The Hall–Kier alpha value is -4.48. The number of carbonyl (C=O) groups is 1. The molecule has 2 aliphatic rings. The number of hydrogen-bond acceptors (Lipinski definition) is 7. The van der Waals surface area contributed by atoms with Gasteiger partial charge in [-0.3, -0.25) is 19.5 Å². The predicted molar refractivity (Wildman–Crippen MR) is 138 cm³/mol. The number of pyridine rings is 1. The monoisotopic (exact) mass is 523 g/mol. The van der Waals surface area contributed by atoms with Gasteiger partial charge in [0.25, 0.3) is 0 Å². The number of benzene rings is 1. The molecule has 2 N–H and O–H groups in total. The van der Waals surface area contributed by atoms with Crippen LogP contribution < -0.4 is 24.6 Å². The number of aromatic nitrogens is 3. The van der Waals surface area contributed by atoms with Crippen LogP contribution in [-0.4, -0.2) is 47.8 Å². The standard InChI is InChI=1S/C26H27F2N7O3/c1-14(29)18(11-30-2)19-7-20-15(9-31-19)12-33(25-23(27)21(37-3)8-22(38-4)24(25)28)26(36)35(20)17-10-32-34(13-17)16-5-6-16/h7-11,13,16,29-30H,5-6,12H2,1-4H3/b18-11+,29-14?. The summed E-state index contributed by atoms with van der Waals surface area (Å²) in [5.74, 6) is -2.58. The van der Waals surface area contributed by atoms with Gasteiger partial charge in [0.2, 0.25) is 0 Å². The SMILES string of the molecule is CN/C=C(\C(C)=N)c1cc2c(cn1)CN(c1c(F)c(OC)cc(OC)c1F)C(=O)N2c1cnn(C2CC2)c1. The fourth-order valence-electron chi connectivity index (χ4n) is 4.45. The zero-order chi connectivity index (χ0) is 27.1. The summed E-state index contributed by atoms with van der Waals surface area (Å²) in [6, 6.07) is 2.36. The lowest BCUT2D eigenvalue weighted by molar-refractivity contribution is 0.251. The van der Waals surface area contributed by atoms with Crippen LogP contribution in [0.3, 0.4) is 0 Å². The molecular formula is C26H27F2N7O3. The lowest BCUT2D eigenvalue weighted by Gasteiger charge is -2.37. The van der Waals surface area contributed by atoms with Crippen molar-refractivity contribution in [2.45, 2.75) is 32.4 Å². The van der Waals surface area contributed by atoms with Gasteiger partial charge in [0, 0.05) is 48.6 Å². The van der Waals surface area contributed by atoms with E-state index in [1.807, 2.05) is 0 Å². The van der Waals surface area contributed by atoms with E-state index in [1.54, 1.807) is 49.5 Å². The average molecular weight is 524 g/mol. The number of rotatable bonds is 8. The van der Waals surface area contributed by atoms with Crippen LogP contribution in [0.15, 0.2) is 36.9 Å². The molecule has 2 aromatic heterocycles. The van der Waals surface area contributed by atoms with Crippen LogP contribution in [0.25, 0.3) is 5.57 Å². The molecule has 12 heteroatoms. The zero-order valence-corrected chi connectivity index (χ0v) is 21.4. The van der Waals surface area contributed by atoms with Crippen LogP contribution in [0.5, 0.6) is 11.5 Å². The van der Waals surface area contributed by atoms with Crippen LogP contribution in [0.4, 0.5) is 30.6 Å². The lowest BCUT2D eigenvalue weighted by atomic mass is 10.0. The molecule has 1 saturated carbocycles. The molecule has 10 nitrogen and oxygen atoms in total. The molecular weight excluding hydrogens is 496 g/mol. The summed E-state index contributed by atoms with van der Waals surface area (Å²) in [5.41, 5.74) is 2.14. The molecule has 38 heavy (non-hydrogen) atoms. The first-order valence-corrected chi connectivity index (χ1v) is 12.0. The highest BCUT2D eigenvalue weighted by Gasteiger charge is 2.38. The molecule has 1 aromatic carbocycles. The van der Waals surface area contributed by atoms with Crippen molar-refractivity contribution < 1.29 is 23.0 Å². The van der Waals surface area contributed by atoms with E-state index in [2.05, 4.69) is 15.4 Å². The van der Waals surface area contributed by atoms with E-state index in [-0.39, 0.29) is 29.8 Å². The van der Waals surface area contributed by atoms with Crippen LogP contribution in [0, 0.1) is 17.0 Å². The summed E-state index contributed by atoms with van der Waals surface area (Å²) in [6.45, 7) is 1.48. The van der Waals surface area contributed by atoms with Crippen molar-refractivity contribution in [3.05, 3.63) is 59.8 Å². The third-order valence-corrected chi connectivity index (χ3v) is 6.51. The smallest absolute Gasteiger partial charge is 0.334 e. The summed E-state index contributed by atoms with van der Waals surface area (Å²) in [6.07, 6.45) is 8.47. The molecule has 2 amide bonds. The maximum atomic E-state index is 15.5. The minimum absolute atomic E-state index is 0.159. The van der Waals surface area contributed by atoms with Gasteiger partial charge in [-0.15, -0.1) is 0 Å². The average Bonchev–Trinajstić information content (AvgIpc) is 3.64. The predicted octanol–water partition coefficient (Wildman–Crippen LogP) is 4.79. The highest BCUT2D eigenvalue weighted by atomic mass is 19.1. The number of carbonyl (C=O) groups excluding carboxylic acids is 1. The normalized spacial score (nSPS) is 15.4. The third kappa shape index (κ3) is 4.21. The van der Waals surface area contributed by atoms with Crippen molar-refractivity contribution >= 4 is 34.4 Å². The van der Waals surface area contributed by atoms with Gasteiger partial charge >= 0.3 is 6.03 Å². The van der Waals surface area contributed by atoms with Gasteiger partial charge < -0.3 is 20.2 Å².